The molecular formula is C14H19FN2O2. The summed E-state index contributed by atoms with van der Waals surface area (Å²) in [4.78, 5) is 11.5. The van der Waals surface area contributed by atoms with Gasteiger partial charge in [-0.05, 0) is 43.9 Å². The Balaban J connectivity index is 1.90. The van der Waals surface area contributed by atoms with Crippen LogP contribution in [0.25, 0.3) is 0 Å². The van der Waals surface area contributed by atoms with Crippen molar-refractivity contribution in [3.05, 3.63) is 29.6 Å². The second-order valence-corrected chi connectivity index (χ2v) is 5.11. The quantitative estimate of drug-likeness (QED) is 0.817. The Labute approximate surface area is 112 Å². The molecule has 1 aliphatic rings. The average Bonchev–Trinajstić information content (AvgIpc) is 3.08. The van der Waals surface area contributed by atoms with Gasteiger partial charge in [0.2, 0.25) is 0 Å². The number of amides is 1. The standard InChI is InChI=1S/C14H19FN2O2/c1-9(16)4-10-5-11(15)7-13(6-10)19-8-14(18)17-12-2-3-12/h5-7,9,12H,2-4,8,16H2,1H3,(H,17,18). The van der Waals surface area contributed by atoms with Crippen molar-refractivity contribution in [3.8, 4) is 5.75 Å². The van der Waals surface area contributed by atoms with E-state index in [-0.39, 0.29) is 24.4 Å². The first-order chi connectivity index (χ1) is 9.02. The van der Waals surface area contributed by atoms with Gasteiger partial charge in [-0.25, -0.2) is 4.39 Å². The average molecular weight is 266 g/mol. The summed E-state index contributed by atoms with van der Waals surface area (Å²) in [6, 6.07) is 4.68. The molecule has 104 valence electrons. The molecular weight excluding hydrogens is 247 g/mol. The molecule has 0 aliphatic heterocycles. The molecule has 1 amide bonds. The Morgan fingerprint density at radius 3 is 2.89 bits per heavy atom. The maximum atomic E-state index is 13.4. The Kier molecular flexibility index (Phi) is 4.37. The summed E-state index contributed by atoms with van der Waals surface area (Å²) in [6.45, 7) is 1.77. The number of rotatable bonds is 6. The number of halogens is 1. The molecule has 0 radical (unpaired) electrons. The van der Waals surface area contributed by atoms with E-state index < -0.39 is 0 Å². The predicted molar refractivity (Wildman–Crippen MR) is 70.4 cm³/mol. The fraction of sp³-hybridized carbons (Fsp3) is 0.500. The van der Waals surface area contributed by atoms with E-state index in [0.29, 0.717) is 18.2 Å². The fourth-order valence-electron chi connectivity index (χ4n) is 1.84. The van der Waals surface area contributed by atoms with Crippen LogP contribution in [0.5, 0.6) is 5.75 Å². The Hall–Kier alpha value is -1.62. The summed E-state index contributed by atoms with van der Waals surface area (Å²) in [5.41, 5.74) is 6.45. The van der Waals surface area contributed by atoms with Gasteiger partial charge >= 0.3 is 0 Å². The molecule has 4 nitrogen and oxygen atoms in total. The van der Waals surface area contributed by atoms with Crippen molar-refractivity contribution < 1.29 is 13.9 Å². The first-order valence-corrected chi connectivity index (χ1v) is 6.50. The van der Waals surface area contributed by atoms with E-state index in [1.807, 2.05) is 6.92 Å². The summed E-state index contributed by atoms with van der Waals surface area (Å²) in [6.07, 6.45) is 2.64. The number of nitrogens with one attached hydrogen (secondary N) is 1. The molecule has 1 unspecified atom stereocenters. The molecule has 1 fully saturated rings. The first kappa shape index (κ1) is 13.8. The number of benzene rings is 1. The van der Waals surface area contributed by atoms with Crippen LogP contribution in [0, 0.1) is 5.82 Å². The van der Waals surface area contributed by atoms with Crippen LogP contribution in [0.4, 0.5) is 4.39 Å². The van der Waals surface area contributed by atoms with E-state index in [9.17, 15) is 9.18 Å². The Bertz CT molecular complexity index is 459. The Morgan fingerprint density at radius 2 is 2.26 bits per heavy atom. The van der Waals surface area contributed by atoms with Gasteiger partial charge in [0.25, 0.3) is 5.91 Å². The highest BCUT2D eigenvalue weighted by atomic mass is 19.1. The number of carbonyl (C=O) groups excluding carboxylic acids is 1. The van der Waals surface area contributed by atoms with Gasteiger partial charge in [0.15, 0.2) is 6.61 Å². The van der Waals surface area contributed by atoms with Crippen LogP contribution in [0.15, 0.2) is 18.2 Å². The molecule has 1 aromatic rings. The molecule has 1 saturated carbocycles. The minimum atomic E-state index is -0.379. The molecule has 0 saturated heterocycles. The molecule has 0 heterocycles. The molecule has 1 aliphatic carbocycles. The molecule has 1 atom stereocenters. The van der Waals surface area contributed by atoms with Gasteiger partial charge in [-0.1, -0.05) is 0 Å². The lowest BCUT2D eigenvalue weighted by Gasteiger charge is -2.10. The molecule has 3 N–H and O–H groups in total. The van der Waals surface area contributed by atoms with Crippen LogP contribution < -0.4 is 15.8 Å². The van der Waals surface area contributed by atoms with Crippen LogP contribution in [0.2, 0.25) is 0 Å². The number of carbonyl (C=O) groups is 1. The molecule has 0 aromatic heterocycles. The highest BCUT2D eigenvalue weighted by Crippen LogP contribution is 2.19. The first-order valence-electron chi connectivity index (χ1n) is 6.50. The van der Waals surface area contributed by atoms with E-state index in [0.717, 1.165) is 18.4 Å². The second-order valence-electron chi connectivity index (χ2n) is 5.11. The largest absolute Gasteiger partial charge is 0.484 e. The number of hydrogen-bond donors (Lipinski definition) is 2. The fourth-order valence-corrected chi connectivity index (χ4v) is 1.84. The predicted octanol–water partition coefficient (Wildman–Crippen LogP) is 1.37. The number of ether oxygens (including phenoxy) is 1. The van der Waals surface area contributed by atoms with Gasteiger partial charge in [-0.3, -0.25) is 4.79 Å². The third-order valence-electron chi connectivity index (χ3n) is 2.80. The summed E-state index contributed by atoms with van der Waals surface area (Å²) in [5.74, 6) is -0.183. The molecule has 2 rings (SSSR count). The monoisotopic (exact) mass is 266 g/mol. The van der Waals surface area contributed by atoms with Crippen LogP contribution >= 0.6 is 0 Å². The minimum Gasteiger partial charge on any atom is -0.484 e. The third-order valence-corrected chi connectivity index (χ3v) is 2.80. The SMILES string of the molecule is CC(N)Cc1cc(F)cc(OCC(=O)NC2CC2)c1. The smallest absolute Gasteiger partial charge is 0.258 e. The van der Waals surface area contributed by atoms with E-state index in [1.165, 1.54) is 12.1 Å². The zero-order valence-electron chi connectivity index (χ0n) is 11.0. The zero-order chi connectivity index (χ0) is 13.8. The maximum Gasteiger partial charge on any atom is 0.258 e. The van der Waals surface area contributed by atoms with Crippen molar-refractivity contribution in [1.29, 1.82) is 0 Å². The van der Waals surface area contributed by atoms with E-state index in [1.54, 1.807) is 6.07 Å². The van der Waals surface area contributed by atoms with Crippen LogP contribution in [-0.2, 0) is 11.2 Å². The van der Waals surface area contributed by atoms with Crippen LogP contribution in [0.1, 0.15) is 25.3 Å². The van der Waals surface area contributed by atoms with E-state index in [2.05, 4.69) is 5.32 Å². The van der Waals surface area contributed by atoms with Gasteiger partial charge in [0.05, 0.1) is 0 Å². The summed E-state index contributed by atoms with van der Waals surface area (Å²) < 4.78 is 18.7. The van der Waals surface area contributed by atoms with Gasteiger partial charge in [-0.15, -0.1) is 0 Å². The van der Waals surface area contributed by atoms with Crippen molar-refractivity contribution in [1.82, 2.24) is 5.32 Å². The van der Waals surface area contributed by atoms with Crippen molar-refractivity contribution in [3.63, 3.8) is 0 Å². The normalized spacial score (nSPS) is 15.9. The highest BCUT2D eigenvalue weighted by Gasteiger charge is 2.23. The van der Waals surface area contributed by atoms with Crippen molar-refractivity contribution >= 4 is 5.91 Å². The summed E-state index contributed by atoms with van der Waals surface area (Å²) in [7, 11) is 0. The molecule has 19 heavy (non-hydrogen) atoms. The van der Waals surface area contributed by atoms with E-state index >= 15 is 0 Å². The number of hydrogen-bond acceptors (Lipinski definition) is 3. The van der Waals surface area contributed by atoms with Crippen molar-refractivity contribution in [2.75, 3.05) is 6.61 Å². The summed E-state index contributed by atoms with van der Waals surface area (Å²) in [5, 5.41) is 2.81. The van der Waals surface area contributed by atoms with E-state index in [4.69, 9.17) is 10.5 Å². The van der Waals surface area contributed by atoms with Crippen LogP contribution in [-0.4, -0.2) is 24.6 Å². The van der Waals surface area contributed by atoms with Gasteiger partial charge in [0, 0.05) is 18.2 Å². The van der Waals surface area contributed by atoms with Gasteiger partial charge in [0.1, 0.15) is 11.6 Å². The van der Waals surface area contributed by atoms with Crippen molar-refractivity contribution in [2.24, 2.45) is 5.73 Å². The van der Waals surface area contributed by atoms with Crippen LogP contribution in [0.3, 0.4) is 0 Å². The second kappa shape index (κ2) is 6.02. The topological polar surface area (TPSA) is 64.3 Å². The van der Waals surface area contributed by atoms with Crippen molar-refractivity contribution in [2.45, 2.75) is 38.3 Å². The molecule has 5 heteroatoms. The summed E-state index contributed by atoms with van der Waals surface area (Å²) >= 11 is 0. The zero-order valence-corrected chi connectivity index (χ0v) is 11.0. The molecule has 0 spiro atoms. The lowest BCUT2D eigenvalue weighted by molar-refractivity contribution is -0.123. The molecule has 0 bridgehead atoms. The maximum absolute atomic E-state index is 13.4. The molecule has 1 aromatic carbocycles. The van der Waals surface area contributed by atoms with Gasteiger partial charge in [-0.2, -0.15) is 0 Å². The Morgan fingerprint density at radius 1 is 1.53 bits per heavy atom. The third kappa shape index (κ3) is 4.87. The lowest BCUT2D eigenvalue weighted by Crippen LogP contribution is -2.30. The minimum absolute atomic E-state index is 0.0483. The highest BCUT2D eigenvalue weighted by molar-refractivity contribution is 5.78. The number of nitrogens with two attached hydrogens (primary N) is 1. The lowest BCUT2D eigenvalue weighted by atomic mass is 10.1. The van der Waals surface area contributed by atoms with Gasteiger partial charge < -0.3 is 15.8 Å².